The Morgan fingerprint density at radius 1 is 1.21 bits per heavy atom. The summed E-state index contributed by atoms with van der Waals surface area (Å²) in [6, 6.07) is -0.447. The van der Waals surface area contributed by atoms with Crippen LogP contribution in [0.15, 0.2) is 0 Å². The summed E-state index contributed by atoms with van der Waals surface area (Å²) < 4.78 is -0.897. The van der Waals surface area contributed by atoms with Crippen molar-refractivity contribution in [2.75, 3.05) is 20.2 Å². The lowest BCUT2D eigenvalue weighted by Gasteiger charge is -2.35. The van der Waals surface area contributed by atoms with E-state index in [1.807, 2.05) is 0 Å². The van der Waals surface area contributed by atoms with Crippen LogP contribution >= 0.6 is 11.8 Å². The van der Waals surface area contributed by atoms with Gasteiger partial charge >= 0.3 is 0 Å². The van der Waals surface area contributed by atoms with E-state index in [0.717, 1.165) is 38.5 Å². The number of hydrogen-bond acceptors (Lipinski definition) is 5. The molecule has 3 heterocycles. The van der Waals surface area contributed by atoms with Crippen LogP contribution in [0.4, 0.5) is 0 Å². The van der Waals surface area contributed by atoms with E-state index in [2.05, 4.69) is 17.6 Å². The number of nitrogens with one attached hydrogen (secondary N) is 2. The Bertz CT molecular complexity index is 682. The van der Waals surface area contributed by atoms with Crippen LogP contribution < -0.4 is 10.6 Å². The molecule has 2 bridgehead atoms. The summed E-state index contributed by atoms with van der Waals surface area (Å²) >= 11 is 1.67. The van der Waals surface area contributed by atoms with Gasteiger partial charge in [-0.2, -0.15) is 0 Å². The Morgan fingerprint density at radius 3 is 2.57 bits per heavy atom. The van der Waals surface area contributed by atoms with Gasteiger partial charge in [0.15, 0.2) is 0 Å². The molecule has 4 rings (SSSR count). The quantitative estimate of drug-likeness (QED) is 0.619. The summed E-state index contributed by atoms with van der Waals surface area (Å²) in [7, 11) is 1.60. The van der Waals surface area contributed by atoms with E-state index < -0.39 is 22.6 Å². The molecule has 4 fully saturated rings. The van der Waals surface area contributed by atoms with E-state index in [-0.39, 0.29) is 41.7 Å². The fourth-order valence-electron chi connectivity index (χ4n) is 6.16. The van der Waals surface area contributed by atoms with Gasteiger partial charge < -0.3 is 20.6 Å². The zero-order valence-corrected chi connectivity index (χ0v) is 17.5. The first-order valence-corrected chi connectivity index (χ1v) is 11.3. The molecule has 4 aliphatic rings. The van der Waals surface area contributed by atoms with Crippen molar-refractivity contribution in [1.82, 2.24) is 15.5 Å². The van der Waals surface area contributed by atoms with Gasteiger partial charge in [-0.05, 0) is 32.6 Å². The predicted molar refractivity (Wildman–Crippen MR) is 107 cm³/mol. The third-order valence-electron chi connectivity index (χ3n) is 7.35. The van der Waals surface area contributed by atoms with Crippen LogP contribution in [-0.4, -0.2) is 69.5 Å². The molecule has 1 spiro atoms. The molecule has 28 heavy (non-hydrogen) atoms. The Balaban J connectivity index is 1.67. The maximum Gasteiger partial charge on any atom is 0.244 e. The van der Waals surface area contributed by atoms with Gasteiger partial charge in [0, 0.05) is 24.4 Å². The molecule has 3 aliphatic heterocycles. The van der Waals surface area contributed by atoms with Gasteiger partial charge in [-0.15, -0.1) is 11.8 Å². The first-order chi connectivity index (χ1) is 13.4. The summed E-state index contributed by atoms with van der Waals surface area (Å²) in [5.74, 6) is -1.30. The van der Waals surface area contributed by atoms with Crippen LogP contribution in [0, 0.1) is 11.8 Å². The Kier molecular flexibility index (Phi) is 5.15. The minimum atomic E-state index is -0.611. The second kappa shape index (κ2) is 7.20. The molecule has 156 valence electrons. The van der Waals surface area contributed by atoms with E-state index in [9.17, 15) is 19.5 Å². The molecule has 7 nitrogen and oxygen atoms in total. The maximum atomic E-state index is 13.4. The number of aliphatic hydroxyl groups excluding tert-OH is 1. The van der Waals surface area contributed by atoms with Gasteiger partial charge in [-0.25, -0.2) is 0 Å². The molecule has 0 aromatic heterocycles. The minimum absolute atomic E-state index is 0.106. The van der Waals surface area contributed by atoms with E-state index in [1.54, 1.807) is 23.7 Å². The minimum Gasteiger partial charge on any atom is -0.395 e. The molecule has 1 aliphatic carbocycles. The number of nitrogens with zero attached hydrogens (tertiary/aromatic N) is 1. The highest BCUT2D eigenvalue weighted by atomic mass is 32.2. The standard InChI is InChI=1S/C20H31N3O4S/c1-19-8-9-20(28-19)14(13(19)16(25)21-2)18(27)23(10-11-24)15(20)17(26)22-12-6-4-3-5-7-12/h12-15,24H,3-11H2,1-2H3,(H,21,25)(H,22,26)/t13-,14+,15?,19+,20?/m1/s1. The lowest BCUT2D eigenvalue weighted by Crippen LogP contribution is -2.56. The van der Waals surface area contributed by atoms with Crippen molar-refractivity contribution in [2.45, 2.75) is 73.4 Å². The van der Waals surface area contributed by atoms with E-state index in [4.69, 9.17) is 0 Å². The summed E-state index contributed by atoms with van der Waals surface area (Å²) in [5, 5.41) is 15.5. The maximum absolute atomic E-state index is 13.4. The molecule has 2 unspecified atom stereocenters. The normalized spacial score (nSPS) is 39.9. The van der Waals surface area contributed by atoms with Gasteiger partial charge in [0.1, 0.15) is 6.04 Å². The molecular formula is C20H31N3O4S. The van der Waals surface area contributed by atoms with Crippen LogP contribution in [0.5, 0.6) is 0 Å². The number of β-amino-alcohol motifs (C(OH)–C–C–N with tert-alkyl or cyclic N) is 1. The monoisotopic (exact) mass is 409 g/mol. The van der Waals surface area contributed by atoms with Crippen molar-refractivity contribution >= 4 is 29.5 Å². The fraction of sp³-hybridized carbons (Fsp3) is 0.850. The average Bonchev–Trinajstić information content (AvgIpc) is 3.24. The van der Waals surface area contributed by atoms with Gasteiger partial charge in [0.25, 0.3) is 0 Å². The fourth-order valence-corrected chi connectivity index (χ4v) is 8.51. The molecule has 0 aromatic carbocycles. The topological polar surface area (TPSA) is 98.7 Å². The zero-order chi connectivity index (χ0) is 20.1. The molecule has 1 saturated carbocycles. The van der Waals surface area contributed by atoms with Crippen molar-refractivity contribution in [3.8, 4) is 0 Å². The van der Waals surface area contributed by atoms with Gasteiger partial charge in [0.05, 0.1) is 23.2 Å². The van der Waals surface area contributed by atoms with Crippen LogP contribution in [0.25, 0.3) is 0 Å². The number of amides is 3. The Hall–Kier alpha value is -1.28. The third kappa shape index (κ3) is 2.78. The number of rotatable bonds is 5. The number of likely N-dealkylation sites (tertiary alicyclic amines) is 1. The second-order valence-electron chi connectivity index (χ2n) is 8.94. The molecule has 8 heteroatoms. The Morgan fingerprint density at radius 2 is 1.93 bits per heavy atom. The molecule has 0 aromatic rings. The van der Waals surface area contributed by atoms with Crippen molar-refractivity contribution in [3.05, 3.63) is 0 Å². The molecule has 0 radical (unpaired) electrons. The average molecular weight is 410 g/mol. The van der Waals surface area contributed by atoms with E-state index in [1.165, 1.54) is 6.42 Å². The number of carbonyl (C=O) groups is 3. The SMILES string of the molecule is CNC(=O)[C@H]1[C@H]2C(=O)N(CCO)C(C(=O)NC3CCCCC3)C23CC[C@]1(C)S3. The molecule has 3 N–H and O–H groups in total. The smallest absolute Gasteiger partial charge is 0.244 e. The predicted octanol–water partition coefficient (Wildman–Crippen LogP) is 0.655. The number of hydrogen-bond donors (Lipinski definition) is 3. The summed E-state index contributed by atoms with van der Waals surface area (Å²) in [6.45, 7) is 2.01. The van der Waals surface area contributed by atoms with E-state index in [0.29, 0.717) is 0 Å². The first kappa shape index (κ1) is 20.0. The zero-order valence-electron chi connectivity index (χ0n) is 16.7. The van der Waals surface area contributed by atoms with Crippen LogP contribution in [0.2, 0.25) is 0 Å². The summed E-state index contributed by atoms with van der Waals surface area (Å²) in [5.41, 5.74) is 0. The van der Waals surface area contributed by atoms with Crippen molar-refractivity contribution in [3.63, 3.8) is 0 Å². The second-order valence-corrected chi connectivity index (χ2v) is 10.8. The Labute approximate surface area is 170 Å². The largest absolute Gasteiger partial charge is 0.395 e. The van der Waals surface area contributed by atoms with Crippen LogP contribution in [0.1, 0.15) is 51.9 Å². The van der Waals surface area contributed by atoms with Crippen molar-refractivity contribution in [2.24, 2.45) is 11.8 Å². The van der Waals surface area contributed by atoms with Gasteiger partial charge in [-0.1, -0.05) is 19.3 Å². The summed E-state index contributed by atoms with van der Waals surface area (Å²) in [6.07, 6.45) is 6.98. The third-order valence-corrected chi connectivity index (χ3v) is 9.33. The number of carbonyl (C=O) groups excluding carboxylic acids is 3. The highest BCUT2D eigenvalue weighted by Crippen LogP contribution is 2.71. The number of fused-ring (bicyclic) bond motifs is 1. The van der Waals surface area contributed by atoms with Crippen molar-refractivity contribution < 1.29 is 19.5 Å². The highest BCUT2D eigenvalue weighted by Gasteiger charge is 2.76. The molecular weight excluding hydrogens is 378 g/mol. The lowest BCUT2D eigenvalue weighted by molar-refractivity contribution is -0.141. The van der Waals surface area contributed by atoms with E-state index >= 15 is 0 Å². The molecule has 3 amide bonds. The van der Waals surface area contributed by atoms with Gasteiger partial charge in [-0.3, -0.25) is 14.4 Å². The number of thioether (sulfide) groups is 1. The first-order valence-electron chi connectivity index (χ1n) is 10.5. The molecule has 5 atom stereocenters. The lowest BCUT2D eigenvalue weighted by atomic mass is 9.66. The molecule has 3 saturated heterocycles. The highest BCUT2D eigenvalue weighted by molar-refractivity contribution is 8.02. The number of aliphatic hydroxyl groups is 1. The van der Waals surface area contributed by atoms with Crippen molar-refractivity contribution in [1.29, 1.82) is 0 Å². The van der Waals surface area contributed by atoms with Crippen LogP contribution in [0.3, 0.4) is 0 Å². The summed E-state index contributed by atoms with van der Waals surface area (Å²) in [4.78, 5) is 41.1. The van der Waals surface area contributed by atoms with Crippen LogP contribution in [-0.2, 0) is 14.4 Å². The van der Waals surface area contributed by atoms with Gasteiger partial charge in [0.2, 0.25) is 17.7 Å².